The fourth-order valence-corrected chi connectivity index (χ4v) is 4.19. The van der Waals surface area contributed by atoms with E-state index < -0.39 is 41.1 Å². The zero-order valence-electron chi connectivity index (χ0n) is 24.5. The molecule has 0 fully saturated rings. The van der Waals surface area contributed by atoms with Crippen molar-refractivity contribution < 1.29 is 33.9 Å². The molecule has 3 amide bonds. The van der Waals surface area contributed by atoms with Gasteiger partial charge in [-0.3, -0.25) is 24.0 Å². The fourth-order valence-electron chi connectivity index (χ4n) is 4.07. The number of aliphatic carboxylic acids is 1. The number of carboxylic acids is 1. The first-order chi connectivity index (χ1) is 20.0. The quantitative estimate of drug-likeness (QED) is 0.143. The largest absolute Gasteiger partial charge is 0.494 e. The highest BCUT2D eigenvalue weighted by Gasteiger charge is 2.34. The molecule has 0 saturated carbocycles. The number of carbonyl (C=O) groups excluding carboxylic acids is 3. The highest BCUT2D eigenvalue weighted by molar-refractivity contribution is 6.30. The number of unbranched alkanes of at least 4 members (excludes halogenated alkanes) is 1. The molecule has 2 aromatic carbocycles. The fraction of sp³-hybridized carbons (Fsp3) is 0.484. The summed E-state index contributed by atoms with van der Waals surface area (Å²) in [7, 11) is 0. The van der Waals surface area contributed by atoms with Crippen LogP contribution in [0.3, 0.4) is 0 Å². The molecule has 11 heteroatoms. The van der Waals surface area contributed by atoms with Crippen molar-refractivity contribution in [3.05, 3.63) is 65.2 Å². The Morgan fingerprint density at radius 2 is 1.62 bits per heavy atom. The molecule has 0 heterocycles. The van der Waals surface area contributed by atoms with Crippen LogP contribution in [0, 0.1) is 11.3 Å². The van der Waals surface area contributed by atoms with Gasteiger partial charge >= 0.3 is 5.97 Å². The molecule has 2 rings (SSSR count). The van der Waals surface area contributed by atoms with E-state index in [0.29, 0.717) is 36.6 Å². The van der Waals surface area contributed by atoms with Crippen LogP contribution in [0.4, 0.5) is 0 Å². The first-order valence-electron chi connectivity index (χ1n) is 14.1. The first-order valence-corrected chi connectivity index (χ1v) is 14.5. The summed E-state index contributed by atoms with van der Waals surface area (Å²) in [6.45, 7) is 6.24. The number of hydrogen-bond acceptors (Lipinski definition) is 6. The third-order valence-electron chi connectivity index (χ3n) is 6.38. The van der Waals surface area contributed by atoms with Gasteiger partial charge in [0.05, 0.1) is 13.2 Å². The van der Waals surface area contributed by atoms with E-state index in [1.165, 1.54) is 0 Å². The van der Waals surface area contributed by atoms with E-state index in [0.717, 1.165) is 5.56 Å². The summed E-state index contributed by atoms with van der Waals surface area (Å²) < 4.78 is 5.73. The maximum absolute atomic E-state index is 13.4. The Labute approximate surface area is 252 Å². The Hall–Kier alpha value is -3.63. The first kappa shape index (κ1) is 34.6. The minimum Gasteiger partial charge on any atom is -0.494 e. The van der Waals surface area contributed by atoms with E-state index in [9.17, 15) is 19.2 Å². The lowest BCUT2D eigenvalue weighted by molar-refractivity contribution is -0.140. The number of halogens is 1. The minimum absolute atomic E-state index is 0.0713. The van der Waals surface area contributed by atoms with Crippen molar-refractivity contribution >= 4 is 35.3 Å². The lowest BCUT2D eigenvalue weighted by atomic mass is 9.85. The number of hydrogen-bond donors (Lipinski definition) is 4. The third kappa shape index (κ3) is 13.8. The molecule has 0 unspecified atom stereocenters. The van der Waals surface area contributed by atoms with Crippen LogP contribution in [0.2, 0.25) is 5.02 Å². The third-order valence-corrected chi connectivity index (χ3v) is 6.63. The van der Waals surface area contributed by atoms with Gasteiger partial charge in [0.15, 0.2) is 0 Å². The zero-order chi connectivity index (χ0) is 31.0. The van der Waals surface area contributed by atoms with Gasteiger partial charge in [-0.2, -0.15) is 0 Å². The Bertz CT molecular complexity index is 1140. The molecule has 230 valence electrons. The van der Waals surface area contributed by atoms with Crippen molar-refractivity contribution in [1.29, 1.82) is 0 Å². The van der Waals surface area contributed by atoms with Crippen LogP contribution in [-0.4, -0.2) is 48.0 Å². The summed E-state index contributed by atoms with van der Waals surface area (Å²) in [5.74, 6) is -2.26. The zero-order valence-corrected chi connectivity index (χ0v) is 25.2. The van der Waals surface area contributed by atoms with E-state index in [-0.39, 0.29) is 32.4 Å². The van der Waals surface area contributed by atoms with Gasteiger partial charge in [0, 0.05) is 30.3 Å². The van der Waals surface area contributed by atoms with E-state index in [2.05, 4.69) is 16.1 Å². The van der Waals surface area contributed by atoms with Crippen LogP contribution in [0.1, 0.15) is 64.9 Å². The molecule has 10 nitrogen and oxygen atoms in total. The van der Waals surface area contributed by atoms with Crippen LogP contribution in [0.25, 0.3) is 0 Å². The maximum atomic E-state index is 13.4. The highest BCUT2D eigenvalue weighted by Crippen LogP contribution is 2.22. The van der Waals surface area contributed by atoms with Crippen molar-refractivity contribution in [1.82, 2.24) is 16.1 Å². The molecule has 0 aliphatic carbocycles. The van der Waals surface area contributed by atoms with Crippen molar-refractivity contribution in [2.75, 3.05) is 13.2 Å². The predicted octanol–water partition coefficient (Wildman–Crippen LogP) is 4.66. The molecular weight excluding hydrogens is 562 g/mol. The van der Waals surface area contributed by atoms with Crippen molar-refractivity contribution in [2.45, 2.75) is 71.9 Å². The summed E-state index contributed by atoms with van der Waals surface area (Å²) in [4.78, 5) is 55.2. The molecule has 0 radical (unpaired) electrons. The molecule has 42 heavy (non-hydrogen) atoms. The summed E-state index contributed by atoms with van der Waals surface area (Å²) >= 11 is 5.91. The predicted molar refractivity (Wildman–Crippen MR) is 160 cm³/mol. The number of amides is 3. The second-order valence-corrected chi connectivity index (χ2v) is 11.5. The Morgan fingerprint density at radius 3 is 2.26 bits per heavy atom. The summed E-state index contributed by atoms with van der Waals surface area (Å²) in [6, 6.07) is 15.5. The van der Waals surface area contributed by atoms with Crippen LogP contribution in [0.5, 0.6) is 5.75 Å². The number of nitrogens with one attached hydrogen (secondary N) is 3. The van der Waals surface area contributed by atoms with Crippen LogP contribution < -0.4 is 20.9 Å². The number of rotatable bonds is 18. The number of carboxylic acid groups (broad SMARTS) is 1. The number of carbonyl (C=O) groups is 4. The molecule has 0 aliphatic rings. The molecule has 0 bridgehead atoms. The summed E-state index contributed by atoms with van der Waals surface area (Å²) in [6.07, 6.45) is 1.71. The molecule has 2 aromatic rings. The normalized spacial score (nSPS) is 12.6. The van der Waals surface area contributed by atoms with Gasteiger partial charge < -0.3 is 20.5 Å². The van der Waals surface area contributed by atoms with Crippen LogP contribution in [-0.2, 0) is 30.6 Å². The lowest BCUT2D eigenvalue weighted by Gasteiger charge is -2.31. The van der Waals surface area contributed by atoms with E-state index in [1.54, 1.807) is 24.3 Å². The standard InChI is InChI=1S/C31H42ClN3O7/c1-31(2,3)28(30(40)33-18-9-13-27(37)38)34-29(39)23(12-7-8-19-41-25-16-14-24(32)15-17-25)20-26(36)35-42-21-22-10-5-4-6-11-22/h4-6,10-11,14-17,23,28H,7-9,12-13,18-21H2,1-3H3,(H,33,40)(H,34,39)(H,35,36)(H,37,38)/t23-,28-/m1/s1. The van der Waals surface area contributed by atoms with Gasteiger partial charge in [-0.1, -0.05) is 62.7 Å². The van der Waals surface area contributed by atoms with E-state index in [1.807, 2.05) is 51.1 Å². The van der Waals surface area contributed by atoms with Gasteiger partial charge in [-0.05, 0) is 60.9 Å². The average molecular weight is 604 g/mol. The number of ether oxygens (including phenoxy) is 1. The van der Waals surface area contributed by atoms with Gasteiger partial charge in [-0.15, -0.1) is 0 Å². The van der Waals surface area contributed by atoms with Crippen molar-refractivity contribution in [3.63, 3.8) is 0 Å². The van der Waals surface area contributed by atoms with Crippen molar-refractivity contribution in [2.24, 2.45) is 11.3 Å². The van der Waals surface area contributed by atoms with Gasteiger partial charge in [-0.25, -0.2) is 5.48 Å². The maximum Gasteiger partial charge on any atom is 0.303 e. The van der Waals surface area contributed by atoms with Gasteiger partial charge in [0.2, 0.25) is 17.7 Å². The Morgan fingerprint density at radius 1 is 0.929 bits per heavy atom. The highest BCUT2D eigenvalue weighted by atomic mass is 35.5. The second-order valence-electron chi connectivity index (χ2n) is 11.1. The average Bonchev–Trinajstić information content (AvgIpc) is 2.93. The van der Waals surface area contributed by atoms with Crippen molar-refractivity contribution in [3.8, 4) is 5.75 Å². The SMILES string of the molecule is CC(C)(C)[C@H](NC(=O)[C@H](CCCCOc1ccc(Cl)cc1)CC(=O)NOCc1ccccc1)C(=O)NCCCC(=O)O. The van der Waals surface area contributed by atoms with Crippen LogP contribution in [0.15, 0.2) is 54.6 Å². The monoisotopic (exact) mass is 603 g/mol. The Balaban J connectivity index is 1.98. The topological polar surface area (TPSA) is 143 Å². The molecule has 0 aromatic heterocycles. The van der Waals surface area contributed by atoms with E-state index >= 15 is 0 Å². The summed E-state index contributed by atoms with van der Waals surface area (Å²) in [5, 5.41) is 15.0. The smallest absolute Gasteiger partial charge is 0.303 e. The molecule has 0 saturated heterocycles. The van der Waals surface area contributed by atoms with E-state index in [4.69, 9.17) is 26.3 Å². The molecule has 0 aliphatic heterocycles. The lowest BCUT2D eigenvalue weighted by Crippen LogP contribution is -2.55. The Kier molecular flexibility index (Phi) is 14.8. The summed E-state index contributed by atoms with van der Waals surface area (Å²) in [5.41, 5.74) is 2.66. The molecule has 2 atom stereocenters. The molecule has 0 spiro atoms. The number of benzene rings is 2. The minimum atomic E-state index is -0.947. The van der Waals surface area contributed by atoms with Gasteiger partial charge in [0.1, 0.15) is 11.8 Å². The van der Waals surface area contributed by atoms with Crippen LogP contribution >= 0.6 is 11.6 Å². The number of hydroxylamine groups is 1. The molecule has 4 N–H and O–H groups in total. The van der Waals surface area contributed by atoms with Gasteiger partial charge in [0.25, 0.3) is 0 Å². The second kappa shape index (κ2) is 18.0. The molecular formula is C31H42ClN3O7.